The first kappa shape index (κ1) is 20.5. The molecule has 3 aromatic carbocycles. The molecule has 0 saturated carbocycles. The number of hydrogen-bond donors (Lipinski definition) is 1. The van der Waals surface area contributed by atoms with E-state index < -0.39 is 0 Å². The molecule has 2 nitrogen and oxygen atoms in total. The Morgan fingerprint density at radius 3 is 2.48 bits per heavy atom. The molecule has 0 heterocycles. The highest BCUT2D eigenvalue weighted by Crippen LogP contribution is 2.35. The zero-order valence-corrected chi connectivity index (χ0v) is 19.2. The molecule has 3 aromatic rings. The van der Waals surface area contributed by atoms with E-state index >= 15 is 0 Å². The molecule has 27 heavy (non-hydrogen) atoms. The molecule has 1 N–H and O–H groups in total. The third-order valence-corrected chi connectivity index (χ3v) is 5.72. The van der Waals surface area contributed by atoms with Crippen molar-refractivity contribution in [2.45, 2.75) is 20.1 Å². The van der Waals surface area contributed by atoms with E-state index in [-0.39, 0.29) is 0 Å². The summed E-state index contributed by atoms with van der Waals surface area (Å²) < 4.78 is 7.97. The highest BCUT2D eigenvalue weighted by Gasteiger charge is 2.12. The van der Waals surface area contributed by atoms with Gasteiger partial charge in [0.05, 0.1) is 4.47 Å². The number of aryl methyl sites for hydroxylation is 1. The average Bonchev–Trinajstić information content (AvgIpc) is 2.61. The van der Waals surface area contributed by atoms with Crippen LogP contribution in [-0.4, -0.2) is 0 Å². The van der Waals surface area contributed by atoms with Gasteiger partial charge in [0, 0.05) is 37.9 Å². The van der Waals surface area contributed by atoms with Gasteiger partial charge in [-0.15, -0.1) is 0 Å². The molecule has 140 valence electrons. The first-order valence-electron chi connectivity index (χ1n) is 8.28. The molecule has 0 spiro atoms. The molecule has 0 saturated heterocycles. The highest BCUT2D eigenvalue weighted by molar-refractivity contribution is 9.11. The van der Waals surface area contributed by atoms with Crippen LogP contribution in [0.3, 0.4) is 0 Å². The van der Waals surface area contributed by atoms with E-state index in [1.54, 1.807) is 6.07 Å². The maximum atomic E-state index is 6.26. The molecule has 0 amide bonds. The first-order chi connectivity index (χ1) is 12.9. The number of nitrogens with one attached hydrogen (secondary N) is 1. The van der Waals surface area contributed by atoms with Crippen molar-refractivity contribution in [3.8, 4) is 5.75 Å². The van der Waals surface area contributed by atoms with Gasteiger partial charge in [0.15, 0.2) is 0 Å². The van der Waals surface area contributed by atoms with Crippen molar-refractivity contribution >= 4 is 60.7 Å². The predicted molar refractivity (Wildman–Crippen MR) is 121 cm³/mol. The summed E-state index contributed by atoms with van der Waals surface area (Å²) in [5.74, 6) is 0.783. The topological polar surface area (TPSA) is 21.3 Å². The predicted octanol–water partition coefficient (Wildman–Crippen LogP) is 8.02. The molecule has 6 heteroatoms. The van der Waals surface area contributed by atoms with Gasteiger partial charge in [-0.25, -0.2) is 0 Å². The second-order valence-corrected chi connectivity index (χ2v) is 8.68. The van der Waals surface area contributed by atoms with E-state index in [1.165, 1.54) is 5.56 Å². The lowest BCUT2D eigenvalue weighted by molar-refractivity contribution is 0.301. The Hall–Kier alpha value is -1.20. The summed E-state index contributed by atoms with van der Waals surface area (Å²) >= 11 is 19.4. The van der Waals surface area contributed by atoms with Crippen molar-refractivity contribution in [3.63, 3.8) is 0 Å². The van der Waals surface area contributed by atoms with Gasteiger partial charge >= 0.3 is 0 Å². The quantitative estimate of drug-likeness (QED) is 0.349. The van der Waals surface area contributed by atoms with E-state index in [4.69, 9.17) is 27.9 Å². The molecule has 0 aliphatic carbocycles. The van der Waals surface area contributed by atoms with Crippen molar-refractivity contribution in [3.05, 3.63) is 90.3 Å². The number of para-hydroxylation sites is 1. The molecule has 0 aliphatic heterocycles. The summed E-state index contributed by atoms with van der Waals surface area (Å²) in [6.07, 6.45) is 0. The second kappa shape index (κ2) is 9.33. The van der Waals surface area contributed by atoms with E-state index in [1.807, 2.05) is 30.3 Å². The van der Waals surface area contributed by atoms with Crippen molar-refractivity contribution in [1.82, 2.24) is 0 Å². The fourth-order valence-corrected chi connectivity index (χ4v) is 4.55. The Balaban J connectivity index is 1.81. The van der Waals surface area contributed by atoms with Gasteiger partial charge in [0.25, 0.3) is 0 Å². The number of anilines is 1. The van der Waals surface area contributed by atoms with Gasteiger partial charge in [0.2, 0.25) is 0 Å². The van der Waals surface area contributed by atoms with E-state index in [9.17, 15) is 0 Å². The van der Waals surface area contributed by atoms with Gasteiger partial charge in [-0.3, -0.25) is 0 Å². The summed E-state index contributed by atoms with van der Waals surface area (Å²) in [7, 11) is 0. The van der Waals surface area contributed by atoms with Crippen LogP contribution in [0.25, 0.3) is 0 Å². The van der Waals surface area contributed by atoms with Crippen LogP contribution in [0.2, 0.25) is 10.0 Å². The maximum absolute atomic E-state index is 6.26. The fourth-order valence-electron chi connectivity index (χ4n) is 2.66. The number of benzene rings is 3. The Morgan fingerprint density at radius 2 is 1.74 bits per heavy atom. The Labute approximate surface area is 186 Å². The van der Waals surface area contributed by atoms with Crippen LogP contribution >= 0.6 is 55.1 Å². The highest BCUT2D eigenvalue weighted by atomic mass is 79.9. The molecule has 0 atom stereocenters. The zero-order chi connectivity index (χ0) is 19.4. The van der Waals surface area contributed by atoms with E-state index in [0.717, 1.165) is 31.5 Å². The van der Waals surface area contributed by atoms with Gasteiger partial charge in [-0.2, -0.15) is 0 Å². The van der Waals surface area contributed by atoms with Crippen LogP contribution in [0.15, 0.2) is 63.5 Å². The molecular weight excluding hydrogens is 513 g/mol. The molecule has 0 bridgehead atoms. The Morgan fingerprint density at radius 1 is 0.963 bits per heavy atom. The molecule has 0 aliphatic rings. The van der Waals surface area contributed by atoms with E-state index in [0.29, 0.717) is 23.2 Å². The number of halogens is 4. The number of hydrogen-bond acceptors (Lipinski definition) is 2. The Bertz CT molecular complexity index is 963. The first-order valence-corrected chi connectivity index (χ1v) is 10.6. The van der Waals surface area contributed by atoms with E-state index in [2.05, 4.69) is 62.3 Å². The van der Waals surface area contributed by atoms with Gasteiger partial charge in [0.1, 0.15) is 12.4 Å². The summed E-state index contributed by atoms with van der Waals surface area (Å²) in [4.78, 5) is 0. The van der Waals surface area contributed by atoms with Gasteiger partial charge in [-0.1, -0.05) is 63.4 Å². The monoisotopic (exact) mass is 527 g/mol. The lowest BCUT2D eigenvalue weighted by Crippen LogP contribution is -2.05. The lowest BCUT2D eigenvalue weighted by Gasteiger charge is -2.16. The zero-order valence-electron chi connectivity index (χ0n) is 14.5. The minimum absolute atomic E-state index is 0.355. The van der Waals surface area contributed by atoms with Gasteiger partial charge in [-0.05, 0) is 58.7 Å². The van der Waals surface area contributed by atoms with Gasteiger partial charge < -0.3 is 10.1 Å². The van der Waals surface area contributed by atoms with Crippen LogP contribution in [0.1, 0.15) is 16.7 Å². The second-order valence-electron chi connectivity index (χ2n) is 6.07. The van der Waals surface area contributed by atoms with Crippen molar-refractivity contribution < 1.29 is 4.74 Å². The minimum Gasteiger partial charge on any atom is -0.487 e. The molecule has 0 unspecified atom stereocenters. The minimum atomic E-state index is 0.355. The lowest BCUT2D eigenvalue weighted by atomic mass is 10.1. The standard InChI is InChI=1S/C21H17Br2Cl2NO/c1-13-4-2-3-5-20(13)26-11-15-8-16(22)9-18(23)21(15)27-12-14-6-7-17(24)10-19(14)25/h2-10,26H,11-12H2,1H3. The summed E-state index contributed by atoms with van der Waals surface area (Å²) in [6, 6.07) is 17.6. The average molecular weight is 530 g/mol. The SMILES string of the molecule is Cc1ccccc1NCc1cc(Br)cc(Br)c1OCc1ccc(Cl)cc1Cl. The van der Waals surface area contributed by atoms with Crippen LogP contribution in [0.5, 0.6) is 5.75 Å². The third kappa shape index (κ3) is 5.41. The summed E-state index contributed by atoms with van der Waals surface area (Å²) in [5.41, 5.74) is 4.21. The largest absolute Gasteiger partial charge is 0.487 e. The van der Waals surface area contributed by atoms with Crippen LogP contribution in [0.4, 0.5) is 5.69 Å². The van der Waals surface area contributed by atoms with Crippen molar-refractivity contribution in [2.75, 3.05) is 5.32 Å². The Kier molecular flexibility index (Phi) is 7.10. The smallest absolute Gasteiger partial charge is 0.139 e. The molecule has 0 radical (unpaired) electrons. The number of ether oxygens (including phenoxy) is 1. The fraction of sp³-hybridized carbons (Fsp3) is 0.143. The van der Waals surface area contributed by atoms with Crippen molar-refractivity contribution in [1.29, 1.82) is 0 Å². The normalized spacial score (nSPS) is 10.7. The molecular formula is C21H17Br2Cl2NO. The molecule has 3 rings (SSSR count). The third-order valence-electron chi connectivity index (χ3n) is 4.09. The maximum Gasteiger partial charge on any atom is 0.139 e. The molecule has 0 aromatic heterocycles. The number of rotatable bonds is 6. The summed E-state index contributed by atoms with van der Waals surface area (Å²) in [5, 5.41) is 4.68. The van der Waals surface area contributed by atoms with Crippen LogP contribution < -0.4 is 10.1 Å². The van der Waals surface area contributed by atoms with Crippen molar-refractivity contribution in [2.24, 2.45) is 0 Å². The van der Waals surface area contributed by atoms with Crippen LogP contribution in [-0.2, 0) is 13.2 Å². The summed E-state index contributed by atoms with van der Waals surface area (Å²) in [6.45, 7) is 3.07. The molecule has 0 fully saturated rings. The van der Waals surface area contributed by atoms with Crippen LogP contribution in [0, 0.1) is 6.92 Å².